The molecule has 6 heteroatoms. The van der Waals surface area contributed by atoms with Gasteiger partial charge in [0.1, 0.15) is 0 Å². The van der Waals surface area contributed by atoms with Crippen molar-refractivity contribution >= 4 is 21.4 Å². The van der Waals surface area contributed by atoms with E-state index in [2.05, 4.69) is 10.0 Å². The molecule has 1 heterocycles. The van der Waals surface area contributed by atoms with Gasteiger partial charge in [-0.05, 0) is 55.6 Å². The largest absolute Gasteiger partial charge is 0.319 e. The maximum Gasteiger partial charge on any atom is 0.240 e. The third-order valence-electron chi connectivity index (χ3n) is 3.14. The molecule has 0 fully saturated rings. The molecule has 0 aliphatic heterocycles. The summed E-state index contributed by atoms with van der Waals surface area (Å²) in [5.74, 6) is 0. The summed E-state index contributed by atoms with van der Waals surface area (Å²) in [4.78, 5) is 1.50. The van der Waals surface area contributed by atoms with Crippen LogP contribution >= 0.6 is 11.3 Å². The van der Waals surface area contributed by atoms with Crippen LogP contribution in [0.1, 0.15) is 10.4 Å². The summed E-state index contributed by atoms with van der Waals surface area (Å²) in [6.07, 6.45) is 1.61. The van der Waals surface area contributed by atoms with Crippen LogP contribution in [0.4, 0.5) is 0 Å². The highest BCUT2D eigenvalue weighted by molar-refractivity contribution is 7.89. The smallest absolute Gasteiger partial charge is 0.240 e. The minimum atomic E-state index is -3.41. The van der Waals surface area contributed by atoms with Crippen LogP contribution in [0.2, 0.25) is 0 Å². The molecule has 4 nitrogen and oxygen atoms in total. The molecule has 0 saturated carbocycles. The Hall–Kier alpha value is -1.21. The summed E-state index contributed by atoms with van der Waals surface area (Å²) >= 11 is 1.64. The Morgan fingerprint density at radius 2 is 1.81 bits per heavy atom. The van der Waals surface area contributed by atoms with Crippen molar-refractivity contribution in [3.8, 4) is 0 Å². The molecular formula is C15H20N2O2S2. The number of nitrogens with one attached hydrogen (secondary N) is 2. The van der Waals surface area contributed by atoms with Crippen LogP contribution in [0.15, 0.2) is 46.7 Å². The van der Waals surface area contributed by atoms with Crippen molar-refractivity contribution in [2.45, 2.75) is 17.7 Å². The summed E-state index contributed by atoms with van der Waals surface area (Å²) in [6.45, 7) is 1.30. The standard InChI is InChI=1S/C15H20N2O2S2/c1-16-10-8-13-4-6-15(7-5-13)21(18,19)17-11-9-14-3-2-12-20-14/h2-7,12,16-17H,8-11H2,1H3. The maximum absolute atomic E-state index is 12.2. The first-order valence-electron chi connectivity index (χ1n) is 6.87. The van der Waals surface area contributed by atoms with E-state index in [4.69, 9.17) is 0 Å². The van der Waals surface area contributed by atoms with Crippen LogP contribution < -0.4 is 10.0 Å². The van der Waals surface area contributed by atoms with Gasteiger partial charge in [-0.2, -0.15) is 0 Å². The van der Waals surface area contributed by atoms with Crippen molar-refractivity contribution in [1.82, 2.24) is 10.0 Å². The zero-order valence-corrected chi connectivity index (χ0v) is 13.6. The van der Waals surface area contributed by atoms with E-state index in [1.165, 1.54) is 4.88 Å². The molecule has 0 atom stereocenters. The summed E-state index contributed by atoms with van der Waals surface area (Å²) in [5, 5.41) is 5.07. The molecule has 0 amide bonds. The predicted molar refractivity (Wildman–Crippen MR) is 87.3 cm³/mol. The predicted octanol–water partition coefficient (Wildman–Crippen LogP) is 2.03. The number of rotatable bonds is 8. The molecule has 1 aromatic carbocycles. The van der Waals surface area contributed by atoms with Gasteiger partial charge in [-0.3, -0.25) is 0 Å². The lowest BCUT2D eigenvalue weighted by Gasteiger charge is -2.07. The second kappa shape index (κ2) is 7.70. The van der Waals surface area contributed by atoms with Gasteiger partial charge in [0.2, 0.25) is 10.0 Å². The molecule has 2 rings (SSSR count). The number of hydrogen-bond acceptors (Lipinski definition) is 4. The van der Waals surface area contributed by atoms with E-state index < -0.39 is 10.0 Å². The Balaban J connectivity index is 1.92. The van der Waals surface area contributed by atoms with Crippen molar-refractivity contribution < 1.29 is 8.42 Å². The van der Waals surface area contributed by atoms with E-state index in [9.17, 15) is 8.42 Å². The van der Waals surface area contributed by atoms with E-state index in [0.717, 1.165) is 24.9 Å². The van der Waals surface area contributed by atoms with Crippen LogP contribution in [-0.4, -0.2) is 28.6 Å². The van der Waals surface area contributed by atoms with Gasteiger partial charge in [0, 0.05) is 11.4 Å². The third-order valence-corrected chi connectivity index (χ3v) is 5.55. The highest BCUT2D eigenvalue weighted by Crippen LogP contribution is 2.12. The number of thiophene rings is 1. The molecule has 2 aromatic rings. The second-order valence-corrected chi connectivity index (χ2v) is 7.52. The van der Waals surface area contributed by atoms with Gasteiger partial charge in [0.05, 0.1) is 4.90 Å². The number of sulfonamides is 1. The van der Waals surface area contributed by atoms with Gasteiger partial charge in [-0.25, -0.2) is 13.1 Å². The Labute approximate surface area is 130 Å². The quantitative estimate of drug-likeness (QED) is 0.781. The molecule has 21 heavy (non-hydrogen) atoms. The SMILES string of the molecule is CNCCc1ccc(S(=O)(=O)NCCc2cccs2)cc1. The molecule has 1 aromatic heterocycles. The fraction of sp³-hybridized carbons (Fsp3) is 0.333. The van der Waals surface area contributed by atoms with E-state index in [1.54, 1.807) is 23.5 Å². The van der Waals surface area contributed by atoms with E-state index in [-0.39, 0.29) is 0 Å². The molecular weight excluding hydrogens is 304 g/mol. The zero-order chi connectivity index (χ0) is 15.1. The van der Waals surface area contributed by atoms with Gasteiger partial charge >= 0.3 is 0 Å². The van der Waals surface area contributed by atoms with Gasteiger partial charge in [0.25, 0.3) is 0 Å². The zero-order valence-electron chi connectivity index (χ0n) is 12.0. The van der Waals surface area contributed by atoms with Crippen LogP contribution in [0, 0.1) is 0 Å². The first-order chi connectivity index (χ1) is 10.1. The molecule has 0 unspecified atom stereocenters. The van der Waals surface area contributed by atoms with Gasteiger partial charge < -0.3 is 5.32 Å². The topological polar surface area (TPSA) is 58.2 Å². The molecule has 2 N–H and O–H groups in total. The highest BCUT2D eigenvalue weighted by Gasteiger charge is 2.13. The molecule has 0 bridgehead atoms. The molecule has 0 aliphatic rings. The van der Waals surface area contributed by atoms with Crippen molar-refractivity contribution in [2.24, 2.45) is 0 Å². The van der Waals surface area contributed by atoms with Crippen LogP contribution in [0.25, 0.3) is 0 Å². The van der Waals surface area contributed by atoms with Crippen molar-refractivity contribution in [3.05, 3.63) is 52.2 Å². The summed E-state index contributed by atoms with van der Waals surface area (Å²) in [7, 11) is -1.51. The maximum atomic E-state index is 12.2. The molecule has 0 saturated heterocycles. The second-order valence-electron chi connectivity index (χ2n) is 4.72. The number of hydrogen-bond donors (Lipinski definition) is 2. The van der Waals surface area contributed by atoms with Crippen molar-refractivity contribution in [3.63, 3.8) is 0 Å². The Bertz CT molecular complexity index is 635. The summed E-state index contributed by atoms with van der Waals surface area (Å²) in [5.41, 5.74) is 1.13. The Kier molecular flexibility index (Phi) is 5.93. The third kappa shape index (κ3) is 4.93. The van der Waals surface area contributed by atoms with Crippen LogP contribution in [-0.2, 0) is 22.9 Å². The fourth-order valence-electron chi connectivity index (χ4n) is 1.95. The summed E-state index contributed by atoms with van der Waals surface area (Å²) in [6, 6.07) is 11.0. The number of likely N-dealkylation sites (N-methyl/N-ethyl adjacent to an activating group) is 1. The lowest BCUT2D eigenvalue weighted by molar-refractivity contribution is 0.582. The van der Waals surface area contributed by atoms with Crippen LogP contribution in [0.5, 0.6) is 0 Å². The minimum absolute atomic E-state index is 0.321. The normalized spacial score (nSPS) is 11.7. The Morgan fingerprint density at radius 3 is 2.43 bits per heavy atom. The summed E-state index contributed by atoms with van der Waals surface area (Å²) < 4.78 is 27.0. The lowest BCUT2D eigenvalue weighted by atomic mass is 10.1. The lowest BCUT2D eigenvalue weighted by Crippen LogP contribution is -2.25. The van der Waals surface area contributed by atoms with Crippen molar-refractivity contribution in [2.75, 3.05) is 20.1 Å². The molecule has 0 spiro atoms. The first-order valence-corrected chi connectivity index (χ1v) is 9.24. The van der Waals surface area contributed by atoms with E-state index >= 15 is 0 Å². The van der Waals surface area contributed by atoms with Gasteiger partial charge in [-0.15, -0.1) is 11.3 Å². The minimum Gasteiger partial charge on any atom is -0.319 e. The molecule has 0 aliphatic carbocycles. The Morgan fingerprint density at radius 1 is 1.05 bits per heavy atom. The van der Waals surface area contributed by atoms with Gasteiger partial charge in [-0.1, -0.05) is 18.2 Å². The monoisotopic (exact) mass is 324 g/mol. The first kappa shape index (κ1) is 16.2. The van der Waals surface area contributed by atoms with Crippen LogP contribution in [0.3, 0.4) is 0 Å². The van der Waals surface area contributed by atoms with E-state index in [0.29, 0.717) is 11.4 Å². The van der Waals surface area contributed by atoms with Crippen molar-refractivity contribution in [1.29, 1.82) is 0 Å². The average Bonchev–Trinajstić information content (AvgIpc) is 2.98. The fourth-order valence-corrected chi connectivity index (χ4v) is 3.69. The van der Waals surface area contributed by atoms with Gasteiger partial charge in [0.15, 0.2) is 0 Å². The average molecular weight is 324 g/mol. The highest BCUT2D eigenvalue weighted by atomic mass is 32.2. The molecule has 114 valence electrons. The molecule has 0 radical (unpaired) electrons. The van der Waals surface area contributed by atoms with E-state index in [1.807, 2.05) is 36.7 Å². The number of benzene rings is 1.